The van der Waals surface area contributed by atoms with Gasteiger partial charge in [-0.1, -0.05) is 41.9 Å². The number of amides is 2. The second-order valence-corrected chi connectivity index (χ2v) is 9.84. The van der Waals surface area contributed by atoms with Crippen molar-refractivity contribution >= 4 is 23.6 Å². The second kappa shape index (κ2) is 10.9. The molecule has 0 saturated carbocycles. The number of halogens is 1. The molecular weight excluding hydrogens is 440 g/mol. The van der Waals surface area contributed by atoms with Gasteiger partial charge in [-0.3, -0.25) is 4.79 Å². The lowest BCUT2D eigenvalue weighted by Crippen LogP contribution is -2.42. The van der Waals surface area contributed by atoms with E-state index in [2.05, 4.69) is 5.32 Å². The van der Waals surface area contributed by atoms with Gasteiger partial charge in [0.2, 0.25) is 0 Å². The Morgan fingerprint density at radius 2 is 1.79 bits per heavy atom. The molecule has 6 nitrogen and oxygen atoms in total. The van der Waals surface area contributed by atoms with E-state index in [1.165, 1.54) is 7.11 Å². The normalized spacial score (nSPS) is 15.6. The minimum absolute atomic E-state index is 0.140. The average Bonchev–Trinajstić information content (AvgIpc) is 2.78. The van der Waals surface area contributed by atoms with Gasteiger partial charge in [0.05, 0.1) is 18.2 Å². The molecule has 0 bridgehead atoms. The molecule has 3 rings (SSSR count). The Kier molecular flexibility index (Phi) is 8.25. The lowest BCUT2D eigenvalue weighted by atomic mass is 9.87. The number of hydrogen-bond acceptors (Lipinski definition) is 4. The Labute approximate surface area is 201 Å². The van der Waals surface area contributed by atoms with E-state index in [0.29, 0.717) is 35.3 Å². The van der Waals surface area contributed by atoms with Crippen LogP contribution in [-0.4, -0.2) is 42.7 Å². The molecule has 1 fully saturated rings. The Morgan fingerprint density at radius 3 is 2.39 bits per heavy atom. The molecule has 7 heteroatoms. The third-order valence-corrected chi connectivity index (χ3v) is 6.07. The van der Waals surface area contributed by atoms with Crippen molar-refractivity contribution in [1.29, 1.82) is 0 Å². The zero-order valence-electron chi connectivity index (χ0n) is 19.8. The highest BCUT2D eigenvalue weighted by atomic mass is 35.5. The second-order valence-electron chi connectivity index (χ2n) is 9.43. The molecule has 1 aliphatic rings. The number of methoxy groups -OCH3 is 1. The fourth-order valence-corrected chi connectivity index (χ4v) is 4.21. The van der Waals surface area contributed by atoms with E-state index in [-0.39, 0.29) is 18.0 Å². The number of nitrogens with one attached hydrogen (secondary N) is 1. The van der Waals surface area contributed by atoms with Gasteiger partial charge in [-0.25, -0.2) is 4.79 Å². The highest BCUT2D eigenvalue weighted by Gasteiger charge is 2.29. The van der Waals surface area contributed by atoms with Crippen LogP contribution in [0.1, 0.15) is 62.0 Å². The third-order valence-electron chi connectivity index (χ3n) is 5.76. The molecule has 1 saturated heterocycles. The Morgan fingerprint density at radius 1 is 1.12 bits per heavy atom. The van der Waals surface area contributed by atoms with Crippen LogP contribution < -0.4 is 10.1 Å². The Hall–Kier alpha value is -2.73. The Balaban J connectivity index is 1.66. The number of nitrogens with zero attached hydrogens (tertiary/aromatic N) is 1. The van der Waals surface area contributed by atoms with Crippen molar-refractivity contribution in [2.75, 3.05) is 20.2 Å². The summed E-state index contributed by atoms with van der Waals surface area (Å²) in [6, 6.07) is 14.9. The maximum atomic E-state index is 13.0. The number of rotatable bonds is 6. The van der Waals surface area contributed by atoms with Gasteiger partial charge in [0.25, 0.3) is 5.91 Å². The van der Waals surface area contributed by atoms with Crippen molar-refractivity contribution in [2.24, 2.45) is 5.92 Å². The maximum absolute atomic E-state index is 13.0. The number of piperidine rings is 1. The molecule has 2 aromatic carbocycles. The lowest BCUT2D eigenvalue weighted by Gasteiger charge is -2.35. The van der Waals surface area contributed by atoms with Gasteiger partial charge in [-0.05, 0) is 69.7 Å². The van der Waals surface area contributed by atoms with E-state index in [1.807, 2.05) is 51.1 Å². The number of hydrogen-bond donors (Lipinski definition) is 1. The first-order valence-electron chi connectivity index (χ1n) is 11.3. The van der Waals surface area contributed by atoms with Crippen molar-refractivity contribution in [2.45, 2.75) is 51.7 Å². The molecule has 178 valence electrons. The summed E-state index contributed by atoms with van der Waals surface area (Å²) >= 11 is 6.11. The van der Waals surface area contributed by atoms with Gasteiger partial charge < -0.3 is 19.7 Å². The zero-order valence-corrected chi connectivity index (χ0v) is 20.5. The predicted molar refractivity (Wildman–Crippen MR) is 130 cm³/mol. The van der Waals surface area contributed by atoms with Crippen LogP contribution in [0.2, 0.25) is 5.02 Å². The van der Waals surface area contributed by atoms with Gasteiger partial charge in [-0.2, -0.15) is 0 Å². The highest BCUT2D eigenvalue weighted by Crippen LogP contribution is 2.30. The molecule has 33 heavy (non-hydrogen) atoms. The van der Waals surface area contributed by atoms with Crippen LogP contribution >= 0.6 is 11.6 Å². The molecule has 0 radical (unpaired) electrons. The molecule has 0 aromatic heterocycles. The zero-order chi connectivity index (χ0) is 24.0. The van der Waals surface area contributed by atoms with Crippen molar-refractivity contribution in [3.63, 3.8) is 0 Å². The van der Waals surface area contributed by atoms with Crippen LogP contribution in [0.3, 0.4) is 0 Å². The van der Waals surface area contributed by atoms with Gasteiger partial charge >= 0.3 is 6.09 Å². The van der Waals surface area contributed by atoms with Crippen molar-refractivity contribution < 1.29 is 19.1 Å². The van der Waals surface area contributed by atoms with Crippen LogP contribution in [0.15, 0.2) is 48.5 Å². The van der Waals surface area contributed by atoms with E-state index >= 15 is 0 Å². The summed E-state index contributed by atoms with van der Waals surface area (Å²) in [4.78, 5) is 27.2. The number of ether oxygens (including phenoxy) is 2. The summed E-state index contributed by atoms with van der Waals surface area (Å²) in [7, 11) is 1.53. The number of benzene rings is 2. The summed E-state index contributed by atoms with van der Waals surface area (Å²) in [5.41, 5.74) is 1.05. The fourth-order valence-electron chi connectivity index (χ4n) is 4.02. The smallest absolute Gasteiger partial charge is 0.410 e. The first-order chi connectivity index (χ1) is 15.7. The summed E-state index contributed by atoms with van der Waals surface area (Å²) in [6.45, 7) is 6.94. The summed E-state index contributed by atoms with van der Waals surface area (Å²) in [5.74, 6) is 0.675. The molecule has 1 unspecified atom stereocenters. The monoisotopic (exact) mass is 472 g/mol. The number of carbonyl (C=O) groups is 2. The third kappa shape index (κ3) is 7.13. The summed E-state index contributed by atoms with van der Waals surface area (Å²) < 4.78 is 10.8. The Bertz CT molecular complexity index is 951. The first-order valence-corrected chi connectivity index (χ1v) is 11.7. The van der Waals surface area contributed by atoms with E-state index in [1.54, 1.807) is 23.1 Å². The van der Waals surface area contributed by atoms with E-state index in [9.17, 15) is 9.59 Å². The first kappa shape index (κ1) is 24.9. The van der Waals surface area contributed by atoms with Crippen molar-refractivity contribution in [3.05, 3.63) is 64.7 Å². The lowest BCUT2D eigenvalue weighted by molar-refractivity contribution is 0.0178. The minimum atomic E-state index is -0.499. The van der Waals surface area contributed by atoms with Crippen LogP contribution in [0, 0.1) is 5.92 Å². The quantitative estimate of drug-likeness (QED) is 0.572. The molecule has 2 amide bonds. The summed E-state index contributed by atoms with van der Waals surface area (Å²) in [5, 5.41) is 3.65. The van der Waals surface area contributed by atoms with Crippen LogP contribution in [0.5, 0.6) is 5.75 Å². The molecule has 1 aliphatic heterocycles. The van der Waals surface area contributed by atoms with E-state index in [4.69, 9.17) is 21.1 Å². The van der Waals surface area contributed by atoms with Crippen molar-refractivity contribution in [3.8, 4) is 5.75 Å². The predicted octanol–water partition coefficient (Wildman–Crippen LogP) is 5.86. The molecule has 2 aromatic rings. The van der Waals surface area contributed by atoms with Gasteiger partial charge in [-0.15, -0.1) is 0 Å². The number of carbonyl (C=O) groups excluding carboxylic acids is 2. The molecule has 1 atom stereocenters. The molecule has 0 aliphatic carbocycles. The molecule has 0 spiro atoms. The SMILES string of the molecule is COc1cc(C(=O)NC(CC2CCN(C(=O)OC(C)(C)C)CC2)c2ccccc2)ccc1Cl. The maximum Gasteiger partial charge on any atom is 0.410 e. The molecule has 1 heterocycles. The molecule has 1 N–H and O–H groups in total. The largest absolute Gasteiger partial charge is 0.495 e. The molecular formula is C26H33ClN2O4. The van der Waals surface area contributed by atoms with Crippen molar-refractivity contribution in [1.82, 2.24) is 10.2 Å². The van der Waals surface area contributed by atoms with Gasteiger partial charge in [0, 0.05) is 18.7 Å². The average molecular weight is 473 g/mol. The fraction of sp³-hybridized carbons (Fsp3) is 0.462. The topological polar surface area (TPSA) is 67.9 Å². The van der Waals surface area contributed by atoms with Crippen LogP contribution in [0.25, 0.3) is 0 Å². The highest BCUT2D eigenvalue weighted by molar-refractivity contribution is 6.32. The van der Waals surface area contributed by atoms with Crippen LogP contribution in [-0.2, 0) is 4.74 Å². The standard InChI is InChI=1S/C26H33ClN2O4/c1-26(2,3)33-25(31)29-14-12-18(13-15-29)16-22(19-8-6-5-7-9-19)28-24(30)20-10-11-21(27)23(17-20)32-4/h5-11,17-18,22H,12-16H2,1-4H3,(H,28,30). The van der Waals surface area contributed by atoms with E-state index < -0.39 is 5.60 Å². The van der Waals surface area contributed by atoms with Gasteiger partial charge in [0.15, 0.2) is 0 Å². The summed E-state index contributed by atoms with van der Waals surface area (Å²) in [6.07, 6.45) is 2.27. The van der Waals surface area contributed by atoms with Gasteiger partial charge in [0.1, 0.15) is 11.4 Å². The number of likely N-dealkylation sites (tertiary alicyclic amines) is 1. The van der Waals surface area contributed by atoms with E-state index in [0.717, 1.165) is 24.8 Å². The minimum Gasteiger partial charge on any atom is -0.495 e. The van der Waals surface area contributed by atoms with Crippen LogP contribution in [0.4, 0.5) is 4.79 Å².